The fourth-order valence-corrected chi connectivity index (χ4v) is 3.27. The number of ketones is 1. The van der Waals surface area contributed by atoms with Crippen LogP contribution in [0, 0.1) is 5.92 Å². The molecule has 3 rings (SSSR count). The number of hydrogen-bond acceptors (Lipinski definition) is 3. The number of phenols is 1. The zero-order chi connectivity index (χ0) is 12.0. The van der Waals surface area contributed by atoms with E-state index in [0.717, 1.165) is 25.1 Å². The molecule has 0 unspecified atom stereocenters. The van der Waals surface area contributed by atoms with E-state index in [4.69, 9.17) is 0 Å². The van der Waals surface area contributed by atoms with Crippen molar-refractivity contribution in [3.8, 4) is 5.75 Å². The minimum absolute atomic E-state index is 0.115. The van der Waals surface area contributed by atoms with Gasteiger partial charge in [-0.25, -0.2) is 0 Å². The molecule has 0 bridgehead atoms. The van der Waals surface area contributed by atoms with E-state index in [9.17, 15) is 9.90 Å². The molecule has 2 aliphatic rings. The van der Waals surface area contributed by atoms with Gasteiger partial charge < -0.3 is 10.0 Å². The topological polar surface area (TPSA) is 40.5 Å². The molecule has 0 spiro atoms. The van der Waals surface area contributed by atoms with Crippen LogP contribution in [0.4, 0.5) is 0 Å². The van der Waals surface area contributed by atoms with E-state index < -0.39 is 0 Å². The molecule has 1 aromatic carbocycles. The van der Waals surface area contributed by atoms with Gasteiger partial charge >= 0.3 is 0 Å². The second-order valence-electron chi connectivity index (χ2n) is 5.29. The normalized spacial score (nSPS) is 28.6. The molecule has 1 N–H and O–H groups in total. The Balaban J connectivity index is 2.08. The number of fused-ring (bicyclic) bond motifs is 3. The molecule has 3 nitrogen and oxygen atoms in total. The van der Waals surface area contributed by atoms with Gasteiger partial charge in [0.25, 0.3) is 0 Å². The van der Waals surface area contributed by atoms with Crippen LogP contribution in [-0.4, -0.2) is 35.9 Å². The van der Waals surface area contributed by atoms with E-state index in [1.165, 1.54) is 0 Å². The van der Waals surface area contributed by atoms with Crippen LogP contribution in [0.15, 0.2) is 18.2 Å². The highest BCUT2D eigenvalue weighted by Crippen LogP contribution is 2.43. The van der Waals surface area contributed by atoms with Gasteiger partial charge in [0.1, 0.15) is 5.75 Å². The number of benzene rings is 1. The SMILES string of the molecule is CN1CC[C@@H]2CC(=O)c3c(O)cccc3[C@@H]2C1. The summed E-state index contributed by atoms with van der Waals surface area (Å²) in [5, 5.41) is 9.85. The minimum atomic E-state index is 0.115. The third kappa shape index (κ3) is 1.65. The number of carbonyl (C=O) groups is 1. The highest BCUT2D eigenvalue weighted by atomic mass is 16.3. The summed E-state index contributed by atoms with van der Waals surface area (Å²) in [4.78, 5) is 14.4. The summed E-state index contributed by atoms with van der Waals surface area (Å²) in [6.45, 7) is 2.07. The first-order chi connectivity index (χ1) is 8.16. The van der Waals surface area contributed by atoms with E-state index in [1.54, 1.807) is 6.07 Å². The number of Topliss-reactive ketones (excluding diaryl/α,β-unsaturated/α-hetero) is 1. The Morgan fingerprint density at radius 3 is 3.06 bits per heavy atom. The Morgan fingerprint density at radius 1 is 1.41 bits per heavy atom. The zero-order valence-corrected chi connectivity index (χ0v) is 10.0. The summed E-state index contributed by atoms with van der Waals surface area (Å²) < 4.78 is 0. The van der Waals surface area contributed by atoms with E-state index in [2.05, 4.69) is 11.9 Å². The van der Waals surface area contributed by atoms with E-state index >= 15 is 0 Å². The number of hydrogen-bond donors (Lipinski definition) is 1. The molecule has 3 heteroatoms. The van der Waals surface area contributed by atoms with Crippen LogP contribution in [0.5, 0.6) is 5.75 Å². The Hall–Kier alpha value is -1.35. The second kappa shape index (κ2) is 3.84. The van der Waals surface area contributed by atoms with Gasteiger partial charge in [0, 0.05) is 18.9 Å². The molecule has 1 aliphatic heterocycles. The van der Waals surface area contributed by atoms with Crippen molar-refractivity contribution in [2.45, 2.75) is 18.8 Å². The predicted octanol–water partition coefficient (Wildman–Crippen LogP) is 2.01. The van der Waals surface area contributed by atoms with Crippen molar-refractivity contribution >= 4 is 5.78 Å². The number of nitrogens with zero attached hydrogens (tertiary/aromatic N) is 1. The molecule has 0 radical (unpaired) electrons. The largest absolute Gasteiger partial charge is 0.507 e. The van der Waals surface area contributed by atoms with Gasteiger partial charge in [-0.1, -0.05) is 12.1 Å². The molecule has 0 saturated carbocycles. The number of likely N-dealkylation sites (tertiary alicyclic amines) is 1. The average molecular weight is 231 g/mol. The Kier molecular flexibility index (Phi) is 2.44. The lowest BCUT2D eigenvalue weighted by molar-refractivity contribution is 0.0883. The molecule has 17 heavy (non-hydrogen) atoms. The minimum Gasteiger partial charge on any atom is -0.507 e. The van der Waals surface area contributed by atoms with E-state index in [0.29, 0.717) is 23.8 Å². The van der Waals surface area contributed by atoms with Crippen LogP contribution in [0.25, 0.3) is 0 Å². The molecule has 1 saturated heterocycles. The van der Waals surface area contributed by atoms with Crippen LogP contribution in [0.2, 0.25) is 0 Å². The first-order valence-corrected chi connectivity index (χ1v) is 6.20. The zero-order valence-electron chi connectivity index (χ0n) is 10.0. The molecular weight excluding hydrogens is 214 g/mol. The molecule has 0 amide bonds. The van der Waals surface area contributed by atoms with Crippen molar-refractivity contribution in [1.29, 1.82) is 0 Å². The van der Waals surface area contributed by atoms with Crippen LogP contribution in [-0.2, 0) is 0 Å². The molecule has 1 aliphatic carbocycles. The summed E-state index contributed by atoms with van der Waals surface area (Å²) in [6, 6.07) is 5.46. The van der Waals surface area contributed by atoms with Gasteiger partial charge in [-0.05, 0) is 37.6 Å². The number of aromatic hydroxyl groups is 1. The number of carbonyl (C=O) groups excluding carboxylic acids is 1. The quantitative estimate of drug-likeness (QED) is 0.742. The molecule has 90 valence electrons. The second-order valence-corrected chi connectivity index (χ2v) is 5.29. The van der Waals surface area contributed by atoms with Crippen molar-refractivity contribution < 1.29 is 9.90 Å². The fourth-order valence-electron chi connectivity index (χ4n) is 3.27. The summed E-state index contributed by atoms with van der Waals surface area (Å²) in [7, 11) is 2.12. The highest BCUT2D eigenvalue weighted by molar-refractivity contribution is 6.01. The first-order valence-electron chi connectivity index (χ1n) is 6.20. The molecule has 1 fully saturated rings. The lowest BCUT2D eigenvalue weighted by atomic mass is 9.71. The van der Waals surface area contributed by atoms with Crippen molar-refractivity contribution in [1.82, 2.24) is 4.90 Å². The van der Waals surface area contributed by atoms with Crippen LogP contribution >= 0.6 is 0 Å². The number of phenolic OH excluding ortho intramolecular Hbond substituents is 1. The number of likely N-dealkylation sites (N-methyl/N-ethyl adjacent to an activating group) is 1. The maximum absolute atomic E-state index is 12.1. The summed E-state index contributed by atoms with van der Waals surface area (Å²) in [5.41, 5.74) is 1.63. The monoisotopic (exact) mass is 231 g/mol. The van der Waals surface area contributed by atoms with Crippen LogP contribution in [0.1, 0.15) is 34.7 Å². The van der Waals surface area contributed by atoms with Crippen LogP contribution < -0.4 is 0 Å². The molecule has 1 heterocycles. The van der Waals surface area contributed by atoms with Crippen molar-refractivity contribution in [2.75, 3.05) is 20.1 Å². The maximum atomic E-state index is 12.1. The van der Waals surface area contributed by atoms with E-state index in [1.807, 2.05) is 12.1 Å². The Morgan fingerprint density at radius 2 is 2.24 bits per heavy atom. The summed E-state index contributed by atoms with van der Waals surface area (Å²) in [6.07, 6.45) is 1.69. The summed E-state index contributed by atoms with van der Waals surface area (Å²) >= 11 is 0. The van der Waals surface area contributed by atoms with Gasteiger partial charge in [-0.2, -0.15) is 0 Å². The van der Waals surface area contributed by atoms with Crippen LogP contribution in [0.3, 0.4) is 0 Å². The predicted molar refractivity (Wildman–Crippen MR) is 65.4 cm³/mol. The van der Waals surface area contributed by atoms with Gasteiger partial charge in [-0.3, -0.25) is 4.79 Å². The molecule has 0 aromatic heterocycles. The van der Waals surface area contributed by atoms with Gasteiger partial charge in [0.15, 0.2) is 5.78 Å². The first kappa shape index (κ1) is 10.8. The van der Waals surface area contributed by atoms with Gasteiger partial charge in [0.05, 0.1) is 5.56 Å². The molecule has 2 atom stereocenters. The Labute approximate surface area is 101 Å². The molecule has 1 aromatic rings. The maximum Gasteiger partial charge on any atom is 0.167 e. The van der Waals surface area contributed by atoms with Gasteiger partial charge in [-0.15, -0.1) is 0 Å². The van der Waals surface area contributed by atoms with Gasteiger partial charge in [0.2, 0.25) is 0 Å². The third-order valence-corrected chi connectivity index (χ3v) is 4.16. The lowest BCUT2D eigenvalue weighted by Gasteiger charge is -2.40. The Bertz CT molecular complexity index is 469. The lowest BCUT2D eigenvalue weighted by Crippen LogP contribution is -2.40. The number of piperidine rings is 1. The third-order valence-electron chi connectivity index (χ3n) is 4.16. The fraction of sp³-hybridized carbons (Fsp3) is 0.500. The smallest absolute Gasteiger partial charge is 0.167 e. The van der Waals surface area contributed by atoms with E-state index in [-0.39, 0.29) is 11.5 Å². The number of rotatable bonds is 0. The van der Waals surface area contributed by atoms with Crippen molar-refractivity contribution in [2.24, 2.45) is 5.92 Å². The standard InChI is InChI=1S/C14H17NO2/c1-15-6-5-9-7-13(17)14-10(11(9)8-15)3-2-4-12(14)16/h2-4,9,11,16H,5-8H2,1H3/t9-,11-/m1/s1. The van der Waals surface area contributed by atoms with Crippen molar-refractivity contribution in [3.63, 3.8) is 0 Å². The summed E-state index contributed by atoms with van der Waals surface area (Å²) in [5.74, 6) is 1.14. The highest BCUT2D eigenvalue weighted by Gasteiger charge is 2.38. The molecular formula is C14H17NO2. The average Bonchev–Trinajstić information content (AvgIpc) is 2.30. The van der Waals surface area contributed by atoms with Crippen molar-refractivity contribution in [3.05, 3.63) is 29.3 Å².